The maximum atomic E-state index is 9.68. The van der Waals surface area contributed by atoms with Gasteiger partial charge in [0, 0.05) is 31.8 Å². The number of allylic oxidation sites excluding steroid dienone is 2. The Labute approximate surface area is 144 Å². The smallest absolute Gasteiger partial charge is 0.108 e. The summed E-state index contributed by atoms with van der Waals surface area (Å²) >= 11 is 0. The lowest BCUT2D eigenvalue weighted by Gasteiger charge is -2.17. The molecule has 0 rings (SSSR count). The summed E-state index contributed by atoms with van der Waals surface area (Å²) in [7, 11) is 0. The summed E-state index contributed by atoms with van der Waals surface area (Å²) in [5, 5.41) is 19.4. The van der Waals surface area contributed by atoms with Gasteiger partial charge in [-0.3, -0.25) is 0 Å². The number of nitrogens with zero attached hydrogens (tertiary/aromatic N) is 1. The predicted molar refractivity (Wildman–Crippen MR) is 101 cm³/mol. The Bertz CT molecular complexity index is 304. The average molecular weight is 326 g/mol. The first-order chi connectivity index (χ1) is 11.1. The fourth-order valence-corrected chi connectivity index (χ4v) is 2.51. The fourth-order valence-electron chi connectivity index (χ4n) is 2.51. The molecule has 3 nitrogen and oxygen atoms in total. The monoisotopic (exact) mass is 325 g/mol. The topological polar surface area (TPSA) is 43.7 Å². The van der Waals surface area contributed by atoms with E-state index in [1.54, 1.807) is 12.4 Å². The van der Waals surface area contributed by atoms with Gasteiger partial charge in [0.15, 0.2) is 0 Å². The van der Waals surface area contributed by atoms with E-state index in [1.165, 1.54) is 57.8 Å². The Morgan fingerprint density at radius 1 is 0.652 bits per heavy atom. The van der Waals surface area contributed by atoms with Crippen molar-refractivity contribution in [3.05, 3.63) is 23.9 Å². The molecule has 2 N–H and O–H groups in total. The molecule has 0 bridgehead atoms. The molecule has 0 atom stereocenters. The molecule has 0 aromatic rings. The minimum absolute atomic E-state index is 0.359. The maximum absolute atomic E-state index is 9.68. The molecule has 0 amide bonds. The van der Waals surface area contributed by atoms with E-state index < -0.39 is 0 Å². The Hall–Kier alpha value is -1.12. The summed E-state index contributed by atoms with van der Waals surface area (Å²) in [6, 6.07) is 0. The third-order valence-electron chi connectivity index (χ3n) is 4.12. The lowest BCUT2D eigenvalue weighted by molar-refractivity contribution is 0.344. The molecular weight excluding hydrogens is 286 g/mol. The van der Waals surface area contributed by atoms with Crippen molar-refractivity contribution < 1.29 is 10.2 Å². The molecule has 0 heterocycles. The van der Waals surface area contributed by atoms with Gasteiger partial charge in [-0.15, -0.1) is 0 Å². The van der Waals surface area contributed by atoms with E-state index in [-0.39, 0.29) is 0 Å². The number of hydrogen-bond acceptors (Lipinski definition) is 3. The van der Waals surface area contributed by atoms with E-state index in [0.29, 0.717) is 24.4 Å². The van der Waals surface area contributed by atoms with Crippen molar-refractivity contribution in [1.82, 2.24) is 4.90 Å². The van der Waals surface area contributed by atoms with Gasteiger partial charge in [-0.25, -0.2) is 0 Å². The molecule has 23 heavy (non-hydrogen) atoms. The van der Waals surface area contributed by atoms with E-state index >= 15 is 0 Å². The second kappa shape index (κ2) is 15.8. The van der Waals surface area contributed by atoms with Crippen LogP contribution in [0.4, 0.5) is 0 Å². The molecular formula is C20H39NO2. The van der Waals surface area contributed by atoms with Gasteiger partial charge in [0.1, 0.15) is 11.5 Å². The van der Waals surface area contributed by atoms with Crippen molar-refractivity contribution in [1.29, 1.82) is 0 Å². The van der Waals surface area contributed by atoms with Crippen molar-refractivity contribution in [3.8, 4) is 0 Å². The normalized spacial score (nSPS) is 12.7. The Morgan fingerprint density at radius 3 is 1.43 bits per heavy atom. The van der Waals surface area contributed by atoms with E-state index in [2.05, 4.69) is 6.92 Å². The van der Waals surface area contributed by atoms with Crippen LogP contribution in [0.2, 0.25) is 0 Å². The lowest BCUT2D eigenvalue weighted by atomic mass is 10.1. The number of aliphatic hydroxyl groups excluding tert-OH is 2. The second-order valence-electron chi connectivity index (χ2n) is 6.37. The van der Waals surface area contributed by atoms with Crippen LogP contribution in [-0.2, 0) is 0 Å². The van der Waals surface area contributed by atoms with Crippen LogP contribution in [0, 0.1) is 0 Å². The summed E-state index contributed by atoms with van der Waals surface area (Å²) in [5.74, 6) is 0.717. The Balaban J connectivity index is 3.83. The van der Waals surface area contributed by atoms with Gasteiger partial charge in [-0.1, -0.05) is 78.6 Å². The van der Waals surface area contributed by atoms with Crippen LogP contribution >= 0.6 is 0 Å². The number of unbranched alkanes of at least 4 members (excludes halogenated alkanes) is 9. The van der Waals surface area contributed by atoms with E-state index in [1.807, 2.05) is 18.7 Å². The third-order valence-corrected chi connectivity index (χ3v) is 4.12. The molecule has 0 spiro atoms. The minimum Gasteiger partial charge on any atom is -0.511 e. The zero-order valence-electron chi connectivity index (χ0n) is 15.7. The maximum Gasteiger partial charge on any atom is 0.108 e. The van der Waals surface area contributed by atoms with Gasteiger partial charge in [-0.2, -0.15) is 0 Å². The molecule has 3 heteroatoms. The van der Waals surface area contributed by atoms with E-state index in [9.17, 15) is 10.2 Å². The quantitative estimate of drug-likeness (QED) is 0.256. The zero-order chi connectivity index (χ0) is 17.3. The minimum atomic E-state index is 0.359. The van der Waals surface area contributed by atoms with Gasteiger partial charge in [0.05, 0.1) is 0 Å². The van der Waals surface area contributed by atoms with E-state index in [4.69, 9.17) is 0 Å². The first kappa shape index (κ1) is 21.9. The van der Waals surface area contributed by atoms with Crippen LogP contribution < -0.4 is 0 Å². The molecule has 136 valence electrons. The van der Waals surface area contributed by atoms with Crippen LogP contribution in [0.25, 0.3) is 0 Å². The highest BCUT2D eigenvalue weighted by Crippen LogP contribution is 2.12. The van der Waals surface area contributed by atoms with Crippen molar-refractivity contribution in [3.63, 3.8) is 0 Å². The first-order valence-electron chi connectivity index (χ1n) is 9.69. The van der Waals surface area contributed by atoms with Crippen LogP contribution in [0.5, 0.6) is 0 Å². The largest absolute Gasteiger partial charge is 0.511 e. The summed E-state index contributed by atoms with van der Waals surface area (Å²) in [6.07, 6.45) is 17.9. The SMILES string of the molecule is CCCCCCCCCCCCN(C=C(O)CC)C=C(O)CC. The molecule has 0 aliphatic heterocycles. The number of hydrogen-bond donors (Lipinski definition) is 2. The van der Waals surface area contributed by atoms with Gasteiger partial charge in [-0.05, 0) is 6.42 Å². The standard InChI is InChI=1S/C20H39NO2/c1-4-7-8-9-10-11-12-13-14-15-16-21(17-19(22)5-2)18-20(23)6-3/h17-18,22-23H,4-16H2,1-3H3. The molecule has 0 fully saturated rings. The van der Waals surface area contributed by atoms with Crippen molar-refractivity contribution in [2.24, 2.45) is 0 Å². The fraction of sp³-hybridized carbons (Fsp3) is 0.800. The second-order valence-corrected chi connectivity index (χ2v) is 6.37. The average Bonchev–Trinajstić information content (AvgIpc) is 2.55. The van der Waals surface area contributed by atoms with Crippen molar-refractivity contribution in [2.45, 2.75) is 97.8 Å². The summed E-state index contributed by atoms with van der Waals surface area (Å²) in [4.78, 5) is 1.92. The third kappa shape index (κ3) is 14.2. The summed E-state index contributed by atoms with van der Waals surface area (Å²) in [5.41, 5.74) is 0. The molecule has 0 radical (unpaired) electrons. The predicted octanol–water partition coefficient (Wildman–Crippen LogP) is 6.83. The van der Waals surface area contributed by atoms with Crippen LogP contribution in [-0.4, -0.2) is 21.7 Å². The molecule has 0 aromatic carbocycles. The first-order valence-corrected chi connectivity index (χ1v) is 9.69. The molecule has 0 unspecified atom stereocenters. The highest BCUT2D eigenvalue weighted by Gasteiger charge is 2.01. The Morgan fingerprint density at radius 2 is 1.04 bits per heavy atom. The van der Waals surface area contributed by atoms with E-state index in [0.717, 1.165) is 13.0 Å². The molecule has 0 aliphatic rings. The zero-order valence-corrected chi connectivity index (χ0v) is 15.7. The van der Waals surface area contributed by atoms with Crippen molar-refractivity contribution in [2.75, 3.05) is 6.54 Å². The van der Waals surface area contributed by atoms with Crippen LogP contribution in [0.1, 0.15) is 97.8 Å². The number of rotatable bonds is 15. The van der Waals surface area contributed by atoms with Crippen molar-refractivity contribution >= 4 is 0 Å². The number of aliphatic hydroxyl groups is 2. The lowest BCUT2D eigenvalue weighted by Crippen LogP contribution is -2.13. The van der Waals surface area contributed by atoms with Gasteiger partial charge in [0.2, 0.25) is 0 Å². The molecule has 0 saturated heterocycles. The van der Waals surface area contributed by atoms with Crippen LogP contribution in [0.15, 0.2) is 23.9 Å². The molecule has 0 saturated carbocycles. The molecule has 0 aromatic heterocycles. The summed E-state index contributed by atoms with van der Waals surface area (Å²) < 4.78 is 0. The van der Waals surface area contributed by atoms with Gasteiger partial charge < -0.3 is 15.1 Å². The van der Waals surface area contributed by atoms with Gasteiger partial charge >= 0.3 is 0 Å². The van der Waals surface area contributed by atoms with Crippen LogP contribution in [0.3, 0.4) is 0 Å². The highest BCUT2D eigenvalue weighted by molar-refractivity contribution is 4.98. The highest BCUT2D eigenvalue weighted by atomic mass is 16.3. The summed E-state index contributed by atoms with van der Waals surface area (Å²) in [6.45, 7) is 6.96. The Kier molecular flexibility index (Phi) is 15.0. The van der Waals surface area contributed by atoms with Gasteiger partial charge in [0.25, 0.3) is 0 Å². The molecule has 0 aliphatic carbocycles.